The second kappa shape index (κ2) is 4.70. The van der Waals surface area contributed by atoms with Crippen LogP contribution >= 0.6 is 54.5 Å². The Kier molecular flexibility index (Phi) is 3.71. The van der Waals surface area contributed by atoms with Gasteiger partial charge in [-0.25, -0.2) is 0 Å². The molecule has 1 unspecified atom stereocenters. The molecule has 0 spiro atoms. The first-order valence-electron chi connectivity index (χ1n) is 4.53. The number of hydrogen-bond acceptors (Lipinski definition) is 2. The summed E-state index contributed by atoms with van der Waals surface area (Å²) >= 11 is 11.0. The molecule has 80 valence electrons. The quantitative estimate of drug-likeness (QED) is 0.601. The van der Waals surface area contributed by atoms with Gasteiger partial charge in [0, 0.05) is 19.1 Å². The van der Waals surface area contributed by atoms with Gasteiger partial charge >= 0.3 is 0 Å². The molecule has 0 N–H and O–H groups in total. The van der Waals surface area contributed by atoms with Gasteiger partial charge in [-0.15, -0.1) is 22.7 Å². The monoisotopic (exact) mass is 364 g/mol. The molecule has 0 saturated carbocycles. The third-order valence-corrected chi connectivity index (χ3v) is 6.77. The van der Waals surface area contributed by atoms with E-state index in [2.05, 4.69) is 63.2 Å². The topological polar surface area (TPSA) is 0 Å². The normalized spacial score (nSPS) is 13.1. The standard InChI is InChI=1S/C11H10Br2S2/c1-6-3-9(14-5-6)10(13)11-8(12)4-7(2)15-11/h3-5,10H,1-2H3. The summed E-state index contributed by atoms with van der Waals surface area (Å²) in [7, 11) is 0. The zero-order valence-electron chi connectivity index (χ0n) is 8.38. The van der Waals surface area contributed by atoms with Gasteiger partial charge in [0.2, 0.25) is 0 Å². The van der Waals surface area contributed by atoms with Gasteiger partial charge in [0.05, 0.1) is 4.83 Å². The Morgan fingerprint density at radius 2 is 2.00 bits per heavy atom. The predicted molar refractivity (Wildman–Crippen MR) is 76.6 cm³/mol. The van der Waals surface area contributed by atoms with E-state index in [1.54, 1.807) is 0 Å². The van der Waals surface area contributed by atoms with E-state index in [1.165, 1.54) is 24.7 Å². The highest BCUT2D eigenvalue weighted by molar-refractivity contribution is 9.11. The minimum absolute atomic E-state index is 0.323. The Labute approximate surface area is 115 Å². The van der Waals surface area contributed by atoms with Crippen LogP contribution in [0.2, 0.25) is 0 Å². The lowest BCUT2D eigenvalue weighted by molar-refractivity contribution is 1.26. The molecule has 2 aromatic rings. The van der Waals surface area contributed by atoms with Crippen LogP contribution in [0.3, 0.4) is 0 Å². The van der Waals surface area contributed by atoms with Crippen molar-refractivity contribution in [3.63, 3.8) is 0 Å². The Morgan fingerprint density at radius 1 is 1.27 bits per heavy atom. The first-order chi connectivity index (χ1) is 7.08. The van der Waals surface area contributed by atoms with Gasteiger partial charge in [-0.05, 0) is 52.9 Å². The zero-order chi connectivity index (χ0) is 11.0. The van der Waals surface area contributed by atoms with E-state index in [1.807, 2.05) is 22.7 Å². The maximum atomic E-state index is 3.76. The fourth-order valence-corrected chi connectivity index (χ4v) is 5.51. The van der Waals surface area contributed by atoms with Crippen molar-refractivity contribution in [2.75, 3.05) is 0 Å². The van der Waals surface area contributed by atoms with Crippen LogP contribution < -0.4 is 0 Å². The van der Waals surface area contributed by atoms with Crippen LogP contribution in [0.1, 0.15) is 25.0 Å². The SMILES string of the molecule is Cc1csc(C(Br)c2sc(C)cc2Br)c1. The second-order valence-corrected chi connectivity index (χ2v) is 7.46. The van der Waals surface area contributed by atoms with Crippen molar-refractivity contribution in [1.29, 1.82) is 0 Å². The van der Waals surface area contributed by atoms with Crippen LogP contribution in [0.25, 0.3) is 0 Å². The number of alkyl halides is 1. The third kappa shape index (κ3) is 2.54. The molecule has 0 fully saturated rings. The number of aryl methyl sites for hydroxylation is 2. The van der Waals surface area contributed by atoms with Crippen molar-refractivity contribution in [2.45, 2.75) is 18.7 Å². The fraction of sp³-hybridized carbons (Fsp3) is 0.273. The molecule has 4 heteroatoms. The Morgan fingerprint density at radius 3 is 2.47 bits per heavy atom. The average Bonchev–Trinajstić information content (AvgIpc) is 2.71. The van der Waals surface area contributed by atoms with Gasteiger partial charge in [0.1, 0.15) is 0 Å². The molecule has 1 atom stereocenters. The first kappa shape index (κ1) is 11.8. The van der Waals surface area contributed by atoms with Gasteiger partial charge in [0.15, 0.2) is 0 Å². The summed E-state index contributed by atoms with van der Waals surface area (Å²) in [6.45, 7) is 4.27. The molecule has 2 rings (SSSR count). The molecule has 0 nitrogen and oxygen atoms in total. The Balaban J connectivity index is 2.35. The molecular weight excluding hydrogens is 356 g/mol. The molecule has 2 aromatic heterocycles. The second-order valence-electron chi connectivity index (χ2n) is 3.46. The van der Waals surface area contributed by atoms with Gasteiger partial charge in [-0.1, -0.05) is 15.9 Å². The summed E-state index contributed by atoms with van der Waals surface area (Å²) in [5, 5.41) is 2.19. The highest BCUT2D eigenvalue weighted by Crippen LogP contribution is 2.42. The van der Waals surface area contributed by atoms with Gasteiger partial charge in [0.25, 0.3) is 0 Å². The van der Waals surface area contributed by atoms with Crippen molar-refractivity contribution < 1.29 is 0 Å². The summed E-state index contributed by atoms with van der Waals surface area (Å²) in [5.74, 6) is 0. The fourth-order valence-electron chi connectivity index (χ4n) is 1.39. The first-order valence-corrected chi connectivity index (χ1v) is 7.93. The van der Waals surface area contributed by atoms with E-state index < -0.39 is 0 Å². The maximum absolute atomic E-state index is 3.76. The summed E-state index contributed by atoms with van der Waals surface area (Å²) in [4.78, 5) is 4.39. The van der Waals surface area contributed by atoms with Crippen LogP contribution in [0.4, 0.5) is 0 Å². The number of halogens is 2. The predicted octanol–water partition coefficient (Wildman–Crippen LogP) is 5.67. The van der Waals surface area contributed by atoms with Crippen molar-refractivity contribution in [2.24, 2.45) is 0 Å². The van der Waals surface area contributed by atoms with Crippen molar-refractivity contribution in [3.05, 3.63) is 42.2 Å². The molecule has 2 heterocycles. The number of thiophene rings is 2. The molecule has 0 radical (unpaired) electrons. The molecule has 0 aliphatic heterocycles. The van der Waals surface area contributed by atoms with Crippen LogP contribution in [0, 0.1) is 13.8 Å². The minimum atomic E-state index is 0.323. The highest BCUT2D eigenvalue weighted by atomic mass is 79.9. The molecule has 0 aliphatic rings. The largest absolute Gasteiger partial charge is 0.147 e. The van der Waals surface area contributed by atoms with Gasteiger partial charge < -0.3 is 0 Å². The number of hydrogen-bond donors (Lipinski definition) is 0. The smallest absolute Gasteiger partial charge is 0.0842 e. The van der Waals surface area contributed by atoms with Crippen LogP contribution in [-0.4, -0.2) is 0 Å². The van der Waals surface area contributed by atoms with E-state index >= 15 is 0 Å². The average molecular weight is 366 g/mol. The van der Waals surface area contributed by atoms with Crippen LogP contribution in [0.15, 0.2) is 22.0 Å². The van der Waals surface area contributed by atoms with Gasteiger partial charge in [-0.3, -0.25) is 0 Å². The molecule has 0 saturated heterocycles. The van der Waals surface area contributed by atoms with Crippen molar-refractivity contribution in [1.82, 2.24) is 0 Å². The van der Waals surface area contributed by atoms with Crippen molar-refractivity contribution in [3.8, 4) is 0 Å². The minimum Gasteiger partial charge on any atom is -0.147 e. The molecule has 15 heavy (non-hydrogen) atoms. The molecule has 0 aliphatic carbocycles. The Bertz CT molecular complexity index is 471. The van der Waals surface area contributed by atoms with E-state index in [-0.39, 0.29) is 0 Å². The summed E-state index contributed by atoms with van der Waals surface area (Å²) in [6, 6.07) is 4.42. The molecule has 0 amide bonds. The Hall–Kier alpha value is 0.360. The van der Waals surface area contributed by atoms with Gasteiger partial charge in [-0.2, -0.15) is 0 Å². The van der Waals surface area contributed by atoms with Crippen LogP contribution in [-0.2, 0) is 0 Å². The summed E-state index contributed by atoms with van der Waals surface area (Å²) in [6.07, 6.45) is 0. The van der Waals surface area contributed by atoms with E-state index in [0.29, 0.717) is 4.83 Å². The zero-order valence-corrected chi connectivity index (χ0v) is 13.2. The number of rotatable bonds is 2. The third-order valence-electron chi connectivity index (χ3n) is 2.07. The highest BCUT2D eigenvalue weighted by Gasteiger charge is 2.17. The molecular formula is C11H10Br2S2. The lowest BCUT2D eigenvalue weighted by Crippen LogP contribution is -1.85. The van der Waals surface area contributed by atoms with Crippen LogP contribution in [0.5, 0.6) is 0 Å². The van der Waals surface area contributed by atoms with E-state index in [4.69, 9.17) is 0 Å². The lowest BCUT2D eigenvalue weighted by atomic mass is 10.2. The summed E-state index contributed by atoms with van der Waals surface area (Å²) < 4.78 is 1.21. The lowest BCUT2D eigenvalue weighted by Gasteiger charge is -2.05. The van der Waals surface area contributed by atoms with E-state index in [9.17, 15) is 0 Å². The van der Waals surface area contributed by atoms with E-state index in [0.717, 1.165) is 0 Å². The molecule has 0 aromatic carbocycles. The molecule has 0 bridgehead atoms. The summed E-state index contributed by atoms with van der Waals surface area (Å²) in [5.41, 5.74) is 1.34. The maximum Gasteiger partial charge on any atom is 0.0842 e. The van der Waals surface area contributed by atoms with Crippen molar-refractivity contribution >= 4 is 54.5 Å².